The summed E-state index contributed by atoms with van der Waals surface area (Å²) in [6, 6.07) is 11.0. The second-order valence-electron chi connectivity index (χ2n) is 8.42. The summed E-state index contributed by atoms with van der Waals surface area (Å²) in [7, 11) is -4.21. The lowest BCUT2D eigenvalue weighted by molar-refractivity contribution is -0.149. The van der Waals surface area contributed by atoms with Gasteiger partial charge in [0.05, 0.1) is 23.0 Å². The van der Waals surface area contributed by atoms with Gasteiger partial charge in [0.2, 0.25) is 10.0 Å². The quantitative estimate of drug-likeness (QED) is 0.369. The van der Waals surface area contributed by atoms with Gasteiger partial charge in [-0.15, -0.1) is 0 Å². The SMILES string of the molecule is CCOC(=O)C1CCC(CN(Cc2cccc(Br)c2)S(=O)(=O)c2cccc(C(F)(F)F)c2)CC1. The van der Waals surface area contributed by atoms with Gasteiger partial charge in [0.25, 0.3) is 0 Å². The molecule has 0 aliphatic heterocycles. The van der Waals surface area contributed by atoms with Crippen LogP contribution in [0, 0.1) is 11.8 Å². The molecule has 0 bridgehead atoms. The molecule has 0 radical (unpaired) electrons. The second-order valence-corrected chi connectivity index (χ2v) is 11.3. The third kappa shape index (κ3) is 6.82. The lowest BCUT2D eigenvalue weighted by atomic mass is 9.82. The minimum atomic E-state index is -4.65. The van der Waals surface area contributed by atoms with E-state index < -0.39 is 26.7 Å². The minimum Gasteiger partial charge on any atom is -0.466 e. The standard InChI is InChI=1S/C24H27BrF3NO4S/c1-2-33-23(30)19-11-9-17(10-12-19)15-29(16-18-5-3-7-21(25)13-18)34(31,32)22-8-4-6-20(14-22)24(26,27)28/h3-8,13-14,17,19H,2,9-12,15-16H2,1H3. The van der Waals surface area contributed by atoms with Crippen LogP contribution in [0.4, 0.5) is 13.2 Å². The Kier molecular flexibility index (Phi) is 8.81. The predicted octanol–water partition coefficient (Wildman–Crippen LogP) is 6.03. The van der Waals surface area contributed by atoms with Crippen LogP contribution >= 0.6 is 15.9 Å². The minimum absolute atomic E-state index is 0.0154. The number of hydrogen-bond acceptors (Lipinski definition) is 4. The van der Waals surface area contributed by atoms with Gasteiger partial charge in [0.15, 0.2) is 0 Å². The van der Waals surface area contributed by atoms with Crippen LogP contribution in [0.15, 0.2) is 57.9 Å². The number of ether oxygens (including phenoxy) is 1. The monoisotopic (exact) mass is 561 g/mol. The molecule has 0 amide bonds. The molecule has 0 saturated heterocycles. The van der Waals surface area contributed by atoms with E-state index in [1.54, 1.807) is 25.1 Å². The van der Waals surface area contributed by atoms with Gasteiger partial charge < -0.3 is 4.74 Å². The summed E-state index contributed by atoms with van der Waals surface area (Å²) in [4.78, 5) is 11.6. The molecule has 1 aliphatic rings. The summed E-state index contributed by atoms with van der Waals surface area (Å²) in [6.45, 7) is 2.24. The fourth-order valence-corrected chi connectivity index (χ4v) is 6.19. The summed E-state index contributed by atoms with van der Waals surface area (Å²) in [5.74, 6) is -0.447. The Bertz CT molecular complexity index is 1100. The third-order valence-electron chi connectivity index (χ3n) is 5.98. The Hall–Kier alpha value is -1.91. The smallest absolute Gasteiger partial charge is 0.416 e. The Labute approximate surface area is 206 Å². The predicted molar refractivity (Wildman–Crippen MR) is 125 cm³/mol. The molecule has 1 saturated carbocycles. The average Bonchev–Trinajstić information content (AvgIpc) is 2.79. The third-order valence-corrected chi connectivity index (χ3v) is 8.28. The highest BCUT2D eigenvalue weighted by Gasteiger charge is 2.35. The van der Waals surface area contributed by atoms with E-state index >= 15 is 0 Å². The molecule has 2 aromatic carbocycles. The van der Waals surface area contributed by atoms with Crippen LogP contribution in [0.25, 0.3) is 0 Å². The fourth-order valence-electron chi connectivity index (χ4n) is 4.20. The van der Waals surface area contributed by atoms with Crippen molar-refractivity contribution in [1.82, 2.24) is 4.31 Å². The highest BCUT2D eigenvalue weighted by molar-refractivity contribution is 9.10. The number of alkyl halides is 3. The topological polar surface area (TPSA) is 63.7 Å². The van der Waals surface area contributed by atoms with Gasteiger partial charge in [-0.05, 0) is 74.4 Å². The summed E-state index contributed by atoms with van der Waals surface area (Å²) >= 11 is 3.37. The van der Waals surface area contributed by atoms with Crippen molar-refractivity contribution in [2.45, 2.75) is 50.2 Å². The molecule has 10 heteroatoms. The van der Waals surface area contributed by atoms with Gasteiger partial charge in [0, 0.05) is 17.6 Å². The first-order valence-corrected chi connectivity index (χ1v) is 13.3. The molecule has 0 atom stereocenters. The zero-order chi connectivity index (χ0) is 24.9. The Morgan fingerprint density at radius 3 is 2.38 bits per heavy atom. The molecule has 5 nitrogen and oxygen atoms in total. The Morgan fingerprint density at radius 2 is 1.76 bits per heavy atom. The molecule has 34 heavy (non-hydrogen) atoms. The van der Waals surface area contributed by atoms with Crippen molar-refractivity contribution >= 4 is 31.9 Å². The fraction of sp³-hybridized carbons (Fsp3) is 0.458. The molecule has 3 rings (SSSR count). The van der Waals surface area contributed by atoms with Crippen molar-refractivity contribution in [2.24, 2.45) is 11.8 Å². The van der Waals surface area contributed by atoms with Gasteiger partial charge in [0.1, 0.15) is 0 Å². The number of halogens is 4. The van der Waals surface area contributed by atoms with Crippen molar-refractivity contribution in [3.05, 3.63) is 64.1 Å². The van der Waals surface area contributed by atoms with E-state index in [2.05, 4.69) is 15.9 Å². The molecule has 2 aromatic rings. The number of rotatable bonds is 8. The molecular formula is C24H27BrF3NO4S. The van der Waals surface area contributed by atoms with E-state index in [1.807, 2.05) is 6.07 Å². The maximum Gasteiger partial charge on any atom is 0.416 e. The number of carbonyl (C=O) groups excluding carboxylic acids is 1. The largest absolute Gasteiger partial charge is 0.466 e. The normalized spacial score (nSPS) is 19.2. The first-order chi connectivity index (χ1) is 16.0. The molecule has 0 unspecified atom stereocenters. The van der Waals surface area contributed by atoms with Crippen LogP contribution in [-0.4, -0.2) is 31.8 Å². The molecule has 1 aliphatic carbocycles. The molecule has 0 aromatic heterocycles. The van der Waals surface area contributed by atoms with Crippen LogP contribution in [0.2, 0.25) is 0 Å². The van der Waals surface area contributed by atoms with Gasteiger partial charge >= 0.3 is 12.1 Å². The Morgan fingerprint density at radius 1 is 1.09 bits per heavy atom. The molecule has 186 valence electrons. The van der Waals surface area contributed by atoms with Crippen LogP contribution in [-0.2, 0) is 32.3 Å². The van der Waals surface area contributed by atoms with Crippen molar-refractivity contribution in [2.75, 3.05) is 13.2 Å². The van der Waals surface area contributed by atoms with E-state index in [0.29, 0.717) is 43.9 Å². The summed E-state index contributed by atoms with van der Waals surface area (Å²) in [5, 5.41) is 0. The average molecular weight is 562 g/mol. The zero-order valence-electron chi connectivity index (χ0n) is 18.7. The van der Waals surface area contributed by atoms with Crippen molar-refractivity contribution in [3.63, 3.8) is 0 Å². The van der Waals surface area contributed by atoms with Gasteiger partial charge in [-0.25, -0.2) is 8.42 Å². The molecule has 0 N–H and O–H groups in total. The van der Waals surface area contributed by atoms with Crippen LogP contribution in [0.3, 0.4) is 0 Å². The lowest BCUT2D eigenvalue weighted by Gasteiger charge is -2.32. The molecular weight excluding hydrogens is 535 g/mol. The first-order valence-electron chi connectivity index (χ1n) is 11.1. The highest BCUT2D eigenvalue weighted by atomic mass is 79.9. The van der Waals surface area contributed by atoms with E-state index in [0.717, 1.165) is 16.6 Å². The molecule has 0 heterocycles. The van der Waals surface area contributed by atoms with E-state index in [-0.39, 0.29) is 30.9 Å². The van der Waals surface area contributed by atoms with Gasteiger partial charge in [-0.1, -0.05) is 34.1 Å². The van der Waals surface area contributed by atoms with Crippen LogP contribution < -0.4 is 0 Å². The number of nitrogens with zero attached hydrogens (tertiary/aromatic N) is 1. The first kappa shape index (κ1) is 26.7. The van der Waals surface area contributed by atoms with Crippen molar-refractivity contribution < 1.29 is 31.1 Å². The maximum atomic E-state index is 13.5. The van der Waals surface area contributed by atoms with Crippen LogP contribution in [0.5, 0.6) is 0 Å². The highest BCUT2D eigenvalue weighted by Crippen LogP contribution is 2.34. The van der Waals surface area contributed by atoms with E-state index in [4.69, 9.17) is 4.74 Å². The van der Waals surface area contributed by atoms with Crippen LogP contribution in [0.1, 0.15) is 43.7 Å². The van der Waals surface area contributed by atoms with Crippen molar-refractivity contribution in [1.29, 1.82) is 0 Å². The van der Waals surface area contributed by atoms with Gasteiger partial charge in [-0.2, -0.15) is 17.5 Å². The zero-order valence-corrected chi connectivity index (χ0v) is 21.1. The number of sulfonamides is 1. The summed E-state index contributed by atoms with van der Waals surface area (Å²) in [6.07, 6.45) is -2.19. The summed E-state index contributed by atoms with van der Waals surface area (Å²) < 4.78 is 73.8. The van der Waals surface area contributed by atoms with Gasteiger partial charge in [-0.3, -0.25) is 4.79 Å². The number of esters is 1. The van der Waals surface area contributed by atoms with Crippen molar-refractivity contribution in [3.8, 4) is 0 Å². The number of hydrogen-bond donors (Lipinski definition) is 0. The maximum absolute atomic E-state index is 13.5. The second kappa shape index (κ2) is 11.2. The molecule has 0 spiro atoms. The van der Waals surface area contributed by atoms with E-state index in [9.17, 15) is 26.4 Å². The lowest BCUT2D eigenvalue weighted by Crippen LogP contribution is -2.37. The Balaban J connectivity index is 1.85. The molecule has 1 fully saturated rings. The number of benzene rings is 2. The van der Waals surface area contributed by atoms with E-state index in [1.165, 1.54) is 10.4 Å². The summed E-state index contributed by atoms with van der Waals surface area (Å²) in [5.41, 5.74) is -0.295. The number of carbonyl (C=O) groups is 1.